The van der Waals surface area contributed by atoms with Gasteiger partial charge in [0, 0.05) is 12.6 Å². The third-order valence-corrected chi connectivity index (χ3v) is 5.63. The summed E-state index contributed by atoms with van der Waals surface area (Å²) in [5.41, 5.74) is 2.61. The zero-order valence-electron chi connectivity index (χ0n) is 13.7. The molecule has 0 radical (unpaired) electrons. The van der Waals surface area contributed by atoms with E-state index in [2.05, 4.69) is 50.4 Å². The molecule has 3 rings (SSSR count). The molecular weight excluding hydrogens is 258 g/mol. The van der Waals surface area contributed by atoms with Crippen LogP contribution in [0.4, 0.5) is 0 Å². The average Bonchev–Trinajstić information content (AvgIpc) is 2.70. The molecule has 1 unspecified atom stereocenters. The van der Waals surface area contributed by atoms with Crippen LogP contribution in [0.2, 0.25) is 0 Å². The third kappa shape index (κ3) is 3.02. The molecule has 1 fully saturated rings. The smallest absolute Gasteiger partial charge is 0.0772 e. The zero-order valence-corrected chi connectivity index (χ0v) is 13.7. The molecule has 21 heavy (non-hydrogen) atoms. The van der Waals surface area contributed by atoms with Gasteiger partial charge in [-0.05, 0) is 54.6 Å². The van der Waals surface area contributed by atoms with Gasteiger partial charge in [0.05, 0.1) is 5.60 Å². The van der Waals surface area contributed by atoms with E-state index in [1.165, 1.54) is 11.1 Å². The summed E-state index contributed by atoms with van der Waals surface area (Å²) in [6.45, 7) is 7.68. The molecule has 2 N–H and O–H groups in total. The highest BCUT2D eigenvalue weighted by Crippen LogP contribution is 2.45. The zero-order chi connectivity index (χ0) is 15.1. The molecule has 116 valence electrons. The molecule has 1 aromatic carbocycles. The van der Waals surface area contributed by atoms with Gasteiger partial charge in [0.2, 0.25) is 0 Å². The molecule has 0 amide bonds. The second-order valence-corrected chi connectivity index (χ2v) is 8.08. The SMILES string of the molecule is CC1CCC(O)(CNC2c3ccccc3CC2(C)C)CC1. The standard InChI is InChI=1S/C19H29NO/c1-14-8-10-19(21,11-9-14)13-20-17-16-7-5-4-6-15(16)12-18(17,2)3/h4-7,14,17,20-21H,8-13H2,1-3H3. The van der Waals surface area contributed by atoms with Gasteiger partial charge in [0.25, 0.3) is 0 Å². The van der Waals surface area contributed by atoms with Gasteiger partial charge in [-0.1, -0.05) is 45.0 Å². The van der Waals surface area contributed by atoms with Gasteiger partial charge in [0.15, 0.2) is 0 Å². The first-order valence-corrected chi connectivity index (χ1v) is 8.43. The van der Waals surface area contributed by atoms with Crippen molar-refractivity contribution in [2.24, 2.45) is 11.3 Å². The summed E-state index contributed by atoms with van der Waals surface area (Å²) in [5, 5.41) is 14.5. The lowest BCUT2D eigenvalue weighted by atomic mass is 9.79. The Labute approximate surface area is 129 Å². The van der Waals surface area contributed by atoms with Crippen molar-refractivity contribution in [3.63, 3.8) is 0 Å². The first-order chi connectivity index (χ1) is 9.90. The van der Waals surface area contributed by atoms with Crippen molar-refractivity contribution in [3.05, 3.63) is 35.4 Å². The Morgan fingerprint density at radius 1 is 1.19 bits per heavy atom. The highest BCUT2D eigenvalue weighted by molar-refractivity contribution is 5.37. The quantitative estimate of drug-likeness (QED) is 0.885. The first kappa shape index (κ1) is 15.1. The van der Waals surface area contributed by atoms with Crippen LogP contribution in [0.3, 0.4) is 0 Å². The van der Waals surface area contributed by atoms with Gasteiger partial charge >= 0.3 is 0 Å². The van der Waals surface area contributed by atoms with E-state index in [-0.39, 0.29) is 5.41 Å². The van der Waals surface area contributed by atoms with E-state index in [9.17, 15) is 5.11 Å². The van der Waals surface area contributed by atoms with Gasteiger partial charge < -0.3 is 10.4 Å². The van der Waals surface area contributed by atoms with Crippen LogP contribution in [0, 0.1) is 11.3 Å². The Morgan fingerprint density at radius 2 is 1.86 bits per heavy atom. The van der Waals surface area contributed by atoms with Crippen LogP contribution in [-0.4, -0.2) is 17.3 Å². The third-order valence-electron chi connectivity index (χ3n) is 5.63. The van der Waals surface area contributed by atoms with E-state index in [1.807, 2.05) is 0 Å². The number of hydrogen-bond donors (Lipinski definition) is 2. The lowest BCUT2D eigenvalue weighted by Crippen LogP contribution is -2.46. The lowest BCUT2D eigenvalue weighted by Gasteiger charge is -2.38. The minimum absolute atomic E-state index is 0.224. The molecule has 2 aliphatic carbocycles. The molecule has 0 heterocycles. The van der Waals surface area contributed by atoms with Crippen LogP contribution in [-0.2, 0) is 6.42 Å². The maximum atomic E-state index is 10.8. The number of benzene rings is 1. The van der Waals surface area contributed by atoms with Crippen molar-refractivity contribution in [1.29, 1.82) is 0 Å². The molecule has 0 aromatic heterocycles. The fraction of sp³-hybridized carbons (Fsp3) is 0.684. The summed E-state index contributed by atoms with van der Waals surface area (Å²) < 4.78 is 0. The van der Waals surface area contributed by atoms with E-state index < -0.39 is 5.60 Å². The predicted molar refractivity (Wildman–Crippen MR) is 87.3 cm³/mol. The summed E-state index contributed by atoms with van der Waals surface area (Å²) in [5.74, 6) is 0.772. The summed E-state index contributed by atoms with van der Waals surface area (Å²) in [6, 6.07) is 9.11. The molecule has 2 heteroatoms. The summed E-state index contributed by atoms with van der Waals surface area (Å²) in [6.07, 6.45) is 5.31. The van der Waals surface area contributed by atoms with Gasteiger partial charge in [0.1, 0.15) is 0 Å². The van der Waals surface area contributed by atoms with Gasteiger partial charge in [-0.2, -0.15) is 0 Å². The Morgan fingerprint density at radius 3 is 2.57 bits per heavy atom. The lowest BCUT2D eigenvalue weighted by molar-refractivity contribution is -0.0110. The molecule has 1 atom stereocenters. The Hall–Kier alpha value is -0.860. The van der Waals surface area contributed by atoms with Crippen LogP contribution < -0.4 is 5.32 Å². The van der Waals surface area contributed by atoms with Gasteiger partial charge in [-0.25, -0.2) is 0 Å². The fourth-order valence-corrected chi connectivity index (χ4v) is 4.15. The van der Waals surface area contributed by atoms with Crippen LogP contribution in [0.15, 0.2) is 24.3 Å². The summed E-state index contributed by atoms with van der Waals surface area (Å²) in [7, 11) is 0. The van der Waals surface area contributed by atoms with Gasteiger partial charge in [-0.15, -0.1) is 0 Å². The fourth-order valence-electron chi connectivity index (χ4n) is 4.15. The van der Waals surface area contributed by atoms with Crippen LogP contribution in [0.5, 0.6) is 0 Å². The molecule has 1 aromatic rings. The van der Waals surface area contributed by atoms with Gasteiger partial charge in [-0.3, -0.25) is 0 Å². The van der Waals surface area contributed by atoms with Crippen molar-refractivity contribution in [2.45, 2.75) is 64.5 Å². The van der Waals surface area contributed by atoms with Crippen LogP contribution >= 0.6 is 0 Å². The van der Waals surface area contributed by atoms with Crippen LogP contribution in [0.25, 0.3) is 0 Å². The number of fused-ring (bicyclic) bond motifs is 1. The second kappa shape index (κ2) is 5.40. The molecule has 0 aliphatic heterocycles. The predicted octanol–water partition coefficient (Wildman–Crippen LogP) is 3.84. The highest BCUT2D eigenvalue weighted by atomic mass is 16.3. The van der Waals surface area contributed by atoms with E-state index in [4.69, 9.17) is 0 Å². The van der Waals surface area contributed by atoms with Crippen molar-refractivity contribution in [2.75, 3.05) is 6.54 Å². The number of nitrogens with one attached hydrogen (secondary N) is 1. The highest BCUT2D eigenvalue weighted by Gasteiger charge is 2.40. The number of hydrogen-bond acceptors (Lipinski definition) is 2. The van der Waals surface area contributed by atoms with Crippen molar-refractivity contribution >= 4 is 0 Å². The Kier molecular flexibility index (Phi) is 3.87. The van der Waals surface area contributed by atoms with Crippen molar-refractivity contribution in [3.8, 4) is 0 Å². The minimum Gasteiger partial charge on any atom is -0.389 e. The van der Waals surface area contributed by atoms with E-state index >= 15 is 0 Å². The average molecular weight is 287 g/mol. The Bertz CT molecular complexity index is 500. The van der Waals surface area contributed by atoms with E-state index in [0.29, 0.717) is 6.04 Å². The number of rotatable bonds is 3. The molecule has 0 bridgehead atoms. The normalized spacial score (nSPS) is 34.7. The molecule has 0 spiro atoms. The maximum Gasteiger partial charge on any atom is 0.0772 e. The number of aliphatic hydroxyl groups is 1. The molecule has 1 saturated carbocycles. The minimum atomic E-state index is -0.500. The van der Waals surface area contributed by atoms with E-state index in [0.717, 1.165) is 44.6 Å². The maximum absolute atomic E-state index is 10.8. The summed E-state index contributed by atoms with van der Waals surface area (Å²) in [4.78, 5) is 0. The molecule has 2 aliphatic rings. The van der Waals surface area contributed by atoms with Crippen LogP contribution in [0.1, 0.15) is 63.6 Å². The Balaban J connectivity index is 1.70. The first-order valence-electron chi connectivity index (χ1n) is 8.43. The monoisotopic (exact) mass is 287 g/mol. The second-order valence-electron chi connectivity index (χ2n) is 8.08. The van der Waals surface area contributed by atoms with Crippen molar-refractivity contribution in [1.82, 2.24) is 5.32 Å². The summed E-state index contributed by atoms with van der Waals surface area (Å²) >= 11 is 0. The van der Waals surface area contributed by atoms with Crippen molar-refractivity contribution < 1.29 is 5.11 Å². The topological polar surface area (TPSA) is 32.3 Å². The largest absolute Gasteiger partial charge is 0.389 e. The van der Waals surface area contributed by atoms with E-state index in [1.54, 1.807) is 0 Å². The molecule has 2 nitrogen and oxygen atoms in total. The molecule has 0 saturated heterocycles. The molecular formula is C19H29NO.